The van der Waals surface area contributed by atoms with E-state index in [-0.39, 0.29) is 0 Å². The lowest BCUT2D eigenvalue weighted by atomic mass is 10.2. The number of benzene rings is 1. The van der Waals surface area contributed by atoms with Gasteiger partial charge in [-0.2, -0.15) is 0 Å². The van der Waals surface area contributed by atoms with Gasteiger partial charge in [-0.05, 0) is 18.2 Å². The van der Waals surface area contributed by atoms with E-state index in [0.717, 1.165) is 29.4 Å². The van der Waals surface area contributed by atoms with Gasteiger partial charge < -0.3 is 19.8 Å². The van der Waals surface area contributed by atoms with Crippen LogP contribution in [0.1, 0.15) is 0 Å². The Kier molecular flexibility index (Phi) is 2.90. The quantitative estimate of drug-likeness (QED) is 0.884. The predicted molar refractivity (Wildman–Crippen MR) is 67.7 cm³/mol. The minimum atomic E-state index is 0.591. The summed E-state index contributed by atoms with van der Waals surface area (Å²) in [6, 6.07) is 5.87. The lowest BCUT2D eigenvalue weighted by Gasteiger charge is -2.19. The minimum Gasteiger partial charge on any atom is -0.486 e. The van der Waals surface area contributed by atoms with E-state index in [4.69, 9.17) is 15.2 Å². The van der Waals surface area contributed by atoms with Gasteiger partial charge in [-0.3, -0.25) is 0 Å². The van der Waals surface area contributed by atoms with Crippen LogP contribution < -0.4 is 15.2 Å². The van der Waals surface area contributed by atoms with E-state index in [1.165, 1.54) is 0 Å². The molecule has 0 fully saturated rings. The molecule has 0 bridgehead atoms. The van der Waals surface area contributed by atoms with Gasteiger partial charge in [0.15, 0.2) is 11.5 Å². The summed E-state index contributed by atoms with van der Waals surface area (Å²) in [6.45, 7) is 2.54. The molecule has 1 aliphatic rings. The number of aromatic nitrogens is 2. The van der Waals surface area contributed by atoms with Gasteiger partial charge in [-0.1, -0.05) is 0 Å². The molecule has 0 amide bonds. The van der Waals surface area contributed by atoms with Crippen LogP contribution in [0.5, 0.6) is 11.5 Å². The summed E-state index contributed by atoms with van der Waals surface area (Å²) in [5.41, 5.74) is 6.60. The van der Waals surface area contributed by atoms with E-state index in [1.807, 2.05) is 29.0 Å². The molecule has 0 saturated carbocycles. The highest BCUT2D eigenvalue weighted by Gasteiger charge is 2.14. The number of ether oxygens (including phenoxy) is 2. The first-order valence-corrected chi connectivity index (χ1v) is 6.00. The van der Waals surface area contributed by atoms with Gasteiger partial charge >= 0.3 is 0 Å². The van der Waals surface area contributed by atoms with Crippen LogP contribution in [0.15, 0.2) is 30.6 Å². The molecule has 0 radical (unpaired) electrons. The molecule has 2 aromatic rings. The number of nitrogens with two attached hydrogens (primary N) is 1. The first-order chi connectivity index (χ1) is 8.88. The zero-order chi connectivity index (χ0) is 12.4. The van der Waals surface area contributed by atoms with Crippen molar-refractivity contribution in [2.75, 3.05) is 19.8 Å². The molecular weight excluding hydrogens is 230 g/mol. The van der Waals surface area contributed by atoms with Crippen LogP contribution in [0.2, 0.25) is 0 Å². The summed E-state index contributed by atoms with van der Waals surface area (Å²) in [7, 11) is 0. The lowest BCUT2D eigenvalue weighted by Crippen LogP contribution is -2.15. The summed E-state index contributed by atoms with van der Waals surface area (Å²) in [5, 5.41) is 0. The van der Waals surface area contributed by atoms with E-state index >= 15 is 0 Å². The molecule has 0 aliphatic carbocycles. The molecule has 18 heavy (non-hydrogen) atoms. The molecule has 94 valence electrons. The number of nitrogens with zero attached hydrogens (tertiary/aromatic N) is 2. The fraction of sp³-hybridized carbons (Fsp3) is 0.308. The van der Waals surface area contributed by atoms with Crippen LogP contribution in [0, 0.1) is 0 Å². The number of hydrogen-bond acceptors (Lipinski definition) is 4. The second-order valence-corrected chi connectivity index (χ2v) is 4.09. The smallest absolute Gasteiger partial charge is 0.162 e. The van der Waals surface area contributed by atoms with Crippen LogP contribution in [-0.4, -0.2) is 29.3 Å². The number of imidazole rings is 1. The average molecular weight is 245 g/mol. The van der Waals surface area contributed by atoms with Crippen molar-refractivity contribution in [3.63, 3.8) is 0 Å². The monoisotopic (exact) mass is 245 g/mol. The maximum atomic E-state index is 5.58. The van der Waals surface area contributed by atoms with Crippen LogP contribution >= 0.6 is 0 Å². The highest BCUT2D eigenvalue weighted by molar-refractivity contribution is 5.61. The Morgan fingerprint density at radius 1 is 1.22 bits per heavy atom. The molecule has 5 heteroatoms. The van der Waals surface area contributed by atoms with E-state index < -0.39 is 0 Å². The van der Waals surface area contributed by atoms with Crippen molar-refractivity contribution in [2.45, 2.75) is 6.54 Å². The fourth-order valence-electron chi connectivity index (χ4n) is 2.07. The maximum Gasteiger partial charge on any atom is 0.162 e. The Labute approximate surface area is 105 Å². The molecule has 3 rings (SSSR count). The first kappa shape index (κ1) is 11.1. The zero-order valence-corrected chi connectivity index (χ0v) is 10.0. The Balaban J connectivity index is 1.98. The Hall–Kier alpha value is -2.01. The normalized spacial score (nSPS) is 13.6. The molecule has 2 N–H and O–H groups in total. The average Bonchev–Trinajstić information content (AvgIpc) is 2.87. The molecule has 0 atom stereocenters. The van der Waals surface area contributed by atoms with Crippen molar-refractivity contribution >= 4 is 0 Å². The van der Waals surface area contributed by atoms with E-state index in [2.05, 4.69) is 4.98 Å². The van der Waals surface area contributed by atoms with Crippen LogP contribution in [0.3, 0.4) is 0 Å². The second-order valence-electron chi connectivity index (χ2n) is 4.09. The molecule has 1 aromatic heterocycles. The van der Waals surface area contributed by atoms with Crippen molar-refractivity contribution in [3.8, 4) is 22.9 Å². The van der Waals surface area contributed by atoms with Gasteiger partial charge in [-0.25, -0.2) is 4.98 Å². The zero-order valence-electron chi connectivity index (χ0n) is 10.0. The van der Waals surface area contributed by atoms with Crippen molar-refractivity contribution < 1.29 is 9.47 Å². The second kappa shape index (κ2) is 4.70. The highest BCUT2D eigenvalue weighted by Crippen LogP contribution is 2.33. The van der Waals surface area contributed by atoms with Crippen molar-refractivity contribution in [1.82, 2.24) is 9.55 Å². The molecular formula is C13H15N3O2. The summed E-state index contributed by atoms with van der Waals surface area (Å²) in [5.74, 6) is 2.47. The molecule has 2 heterocycles. The summed E-state index contributed by atoms with van der Waals surface area (Å²) >= 11 is 0. The third kappa shape index (κ3) is 1.93. The van der Waals surface area contributed by atoms with Gasteiger partial charge in [0.05, 0.1) is 0 Å². The molecule has 0 unspecified atom stereocenters. The molecule has 1 aromatic carbocycles. The standard InChI is InChI=1S/C13H15N3O2/c14-3-5-16-6-4-15-13(16)10-1-2-11-12(9-10)18-8-7-17-11/h1-2,4,6,9H,3,5,7-8,14H2. The Morgan fingerprint density at radius 2 is 2.06 bits per heavy atom. The van der Waals surface area contributed by atoms with Crippen molar-refractivity contribution in [2.24, 2.45) is 5.73 Å². The number of rotatable bonds is 3. The highest BCUT2D eigenvalue weighted by atomic mass is 16.6. The maximum absolute atomic E-state index is 5.58. The molecule has 1 aliphatic heterocycles. The lowest BCUT2D eigenvalue weighted by molar-refractivity contribution is 0.171. The van der Waals surface area contributed by atoms with Gasteiger partial charge in [0, 0.05) is 31.0 Å². The third-order valence-corrected chi connectivity index (χ3v) is 2.89. The van der Waals surface area contributed by atoms with E-state index in [9.17, 15) is 0 Å². The topological polar surface area (TPSA) is 62.3 Å². The van der Waals surface area contributed by atoms with Gasteiger partial charge in [0.2, 0.25) is 0 Å². The van der Waals surface area contributed by atoms with Gasteiger partial charge in [-0.15, -0.1) is 0 Å². The molecule has 5 nitrogen and oxygen atoms in total. The predicted octanol–water partition coefficient (Wildman–Crippen LogP) is 1.28. The SMILES string of the molecule is NCCn1ccnc1-c1ccc2c(c1)OCCO2. The van der Waals surface area contributed by atoms with Crippen LogP contribution in [-0.2, 0) is 6.54 Å². The Bertz CT molecular complexity index is 551. The van der Waals surface area contributed by atoms with Crippen LogP contribution in [0.4, 0.5) is 0 Å². The number of fused-ring (bicyclic) bond motifs is 1. The first-order valence-electron chi connectivity index (χ1n) is 6.00. The molecule has 0 spiro atoms. The number of hydrogen-bond donors (Lipinski definition) is 1. The van der Waals surface area contributed by atoms with E-state index in [0.29, 0.717) is 19.8 Å². The summed E-state index contributed by atoms with van der Waals surface area (Å²) in [4.78, 5) is 4.37. The van der Waals surface area contributed by atoms with Gasteiger partial charge in [0.1, 0.15) is 19.0 Å². The third-order valence-electron chi connectivity index (χ3n) is 2.89. The van der Waals surface area contributed by atoms with E-state index in [1.54, 1.807) is 6.20 Å². The largest absolute Gasteiger partial charge is 0.486 e. The van der Waals surface area contributed by atoms with Crippen molar-refractivity contribution in [3.05, 3.63) is 30.6 Å². The molecule has 0 saturated heterocycles. The van der Waals surface area contributed by atoms with Crippen LogP contribution in [0.25, 0.3) is 11.4 Å². The fourth-order valence-corrected chi connectivity index (χ4v) is 2.07. The van der Waals surface area contributed by atoms with Gasteiger partial charge in [0.25, 0.3) is 0 Å². The minimum absolute atomic E-state index is 0.591. The van der Waals surface area contributed by atoms with Crippen molar-refractivity contribution in [1.29, 1.82) is 0 Å². The summed E-state index contributed by atoms with van der Waals surface area (Å²) < 4.78 is 13.1. The Morgan fingerprint density at radius 3 is 2.89 bits per heavy atom. The summed E-state index contributed by atoms with van der Waals surface area (Å²) in [6.07, 6.45) is 3.71.